The summed E-state index contributed by atoms with van der Waals surface area (Å²) in [4.78, 5) is 42.7. The third kappa shape index (κ3) is 6.64. The van der Waals surface area contributed by atoms with Gasteiger partial charge in [-0.25, -0.2) is 4.98 Å². The molecular weight excluding hydrogens is 470 g/mol. The van der Waals surface area contributed by atoms with Crippen LogP contribution < -0.4 is 15.6 Å². The standard InChI is InChI=1S/C29H35N3O5/c1-17(2)12-24(32-11-10-18(3)13-25(32)33)28(36)31-23(15-26(34)35)22-14-21(16-30-29(22)37-6)27-19(4)8-7-9-20(27)5/h7-11,13-14,16-17,23-24H,12,15H2,1-6H3,(H,31,36)(H,34,35)/t23-,24+/m1/s1. The van der Waals surface area contributed by atoms with Crippen LogP contribution in [-0.4, -0.2) is 33.6 Å². The van der Waals surface area contributed by atoms with Gasteiger partial charge in [0.15, 0.2) is 0 Å². The van der Waals surface area contributed by atoms with E-state index in [1.807, 2.05) is 58.9 Å². The van der Waals surface area contributed by atoms with E-state index in [0.717, 1.165) is 27.8 Å². The van der Waals surface area contributed by atoms with Gasteiger partial charge < -0.3 is 19.7 Å². The smallest absolute Gasteiger partial charge is 0.305 e. The van der Waals surface area contributed by atoms with Crippen molar-refractivity contribution < 1.29 is 19.4 Å². The monoisotopic (exact) mass is 505 g/mol. The first-order valence-electron chi connectivity index (χ1n) is 12.3. The summed E-state index contributed by atoms with van der Waals surface area (Å²) >= 11 is 0. The van der Waals surface area contributed by atoms with Crippen molar-refractivity contribution in [3.63, 3.8) is 0 Å². The Morgan fingerprint density at radius 2 is 1.78 bits per heavy atom. The predicted octanol–water partition coefficient (Wildman–Crippen LogP) is 4.76. The number of carboxylic acids is 1. The summed E-state index contributed by atoms with van der Waals surface area (Å²) in [5, 5.41) is 12.6. The molecule has 0 saturated heterocycles. The molecule has 3 rings (SSSR count). The zero-order valence-corrected chi connectivity index (χ0v) is 22.2. The average Bonchev–Trinajstić information content (AvgIpc) is 2.82. The van der Waals surface area contributed by atoms with Crippen LogP contribution in [0.3, 0.4) is 0 Å². The maximum absolute atomic E-state index is 13.6. The van der Waals surface area contributed by atoms with Crippen LogP contribution in [0.15, 0.2) is 53.6 Å². The molecule has 2 aromatic heterocycles. The number of hydrogen-bond acceptors (Lipinski definition) is 5. The van der Waals surface area contributed by atoms with E-state index in [1.54, 1.807) is 18.5 Å². The molecule has 8 heteroatoms. The number of rotatable bonds is 10. The number of ether oxygens (including phenoxy) is 1. The van der Waals surface area contributed by atoms with Crippen molar-refractivity contribution >= 4 is 11.9 Å². The summed E-state index contributed by atoms with van der Waals surface area (Å²) in [7, 11) is 1.46. The molecule has 0 saturated carbocycles. The molecule has 2 atom stereocenters. The van der Waals surface area contributed by atoms with E-state index < -0.39 is 24.0 Å². The number of amides is 1. The van der Waals surface area contributed by atoms with Crippen LogP contribution in [0.1, 0.15) is 61.0 Å². The molecule has 0 unspecified atom stereocenters. The zero-order chi connectivity index (χ0) is 27.3. The summed E-state index contributed by atoms with van der Waals surface area (Å²) in [6.45, 7) is 9.75. The number of nitrogens with one attached hydrogen (secondary N) is 1. The second-order valence-corrected chi connectivity index (χ2v) is 9.84. The third-order valence-electron chi connectivity index (χ3n) is 6.35. The number of hydrogen-bond donors (Lipinski definition) is 2. The van der Waals surface area contributed by atoms with Gasteiger partial charge in [-0.3, -0.25) is 14.4 Å². The Balaban J connectivity index is 2.07. The SMILES string of the molecule is COc1ncc(-c2c(C)cccc2C)cc1[C@@H](CC(=O)O)NC(=O)[C@H](CC(C)C)n1ccc(C)cc1=O. The summed E-state index contributed by atoms with van der Waals surface area (Å²) in [6, 6.07) is 9.33. The largest absolute Gasteiger partial charge is 0.481 e. The summed E-state index contributed by atoms with van der Waals surface area (Å²) in [6.07, 6.45) is 3.33. The topological polar surface area (TPSA) is 111 Å². The highest BCUT2D eigenvalue weighted by Crippen LogP contribution is 2.33. The van der Waals surface area contributed by atoms with Crippen molar-refractivity contribution in [1.82, 2.24) is 14.9 Å². The molecule has 2 N–H and O–H groups in total. The molecule has 8 nitrogen and oxygen atoms in total. The maximum Gasteiger partial charge on any atom is 0.305 e. The highest BCUT2D eigenvalue weighted by molar-refractivity contribution is 5.82. The van der Waals surface area contributed by atoms with Gasteiger partial charge in [-0.15, -0.1) is 0 Å². The Kier molecular flexibility index (Phi) is 8.86. The van der Waals surface area contributed by atoms with Crippen molar-refractivity contribution in [1.29, 1.82) is 0 Å². The summed E-state index contributed by atoms with van der Waals surface area (Å²) < 4.78 is 6.88. The number of aromatic nitrogens is 2. The molecule has 196 valence electrons. The van der Waals surface area contributed by atoms with Crippen LogP contribution in [0.5, 0.6) is 5.88 Å². The van der Waals surface area contributed by atoms with Gasteiger partial charge in [-0.1, -0.05) is 32.0 Å². The molecule has 0 aliphatic carbocycles. The fraction of sp³-hybridized carbons (Fsp3) is 0.379. The van der Waals surface area contributed by atoms with Gasteiger partial charge in [-0.2, -0.15) is 0 Å². The van der Waals surface area contributed by atoms with E-state index >= 15 is 0 Å². The van der Waals surface area contributed by atoms with Gasteiger partial charge in [-0.05, 0) is 67.5 Å². The van der Waals surface area contributed by atoms with Crippen molar-refractivity contribution in [3.8, 4) is 17.0 Å². The molecule has 0 bridgehead atoms. The first-order chi connectivity index (χ1) is 17.5. The second kappa shape index (κ2) is 11.9. The Hall–Kier alpha value is -3.94. The molecule has 0 spiro atoms. The van der Waals surface area contributed by atoms with Crippen LogP contribution in [-0.2, 0) is 9.59 Å². The lowest BCUT2D eigenvalue weighted by Crippen LogP contribution is -2.40. The summed E-state index contributed by atoms with van der Waals surface area (Å²) in [5.41, 5.74) is 4.85. The predicted molar refractivity (Wildman–Crippen MR) is 143 cm³/mol. The summed E-state index contributed by atoms with van der Waals surface area (Å²) in [5.74, 6) is -1.18. The van der Waals surface area contributed by atoms with Crippen molar-refractivity contribution in [3.05, 3.63) is 81.4 Å². The van der Waals surface area contributed by atoms with Gasteiger partial charge in [0.05, 0.1) is 19.6 Å². The fourth-order valence-corrected chi connectivity index (χ4v) is 4.62. The molecule has 2 heterocycles. The van der Waals surface area contributed by atoms with Gasteiger partial charge in [0.2, 0.25) is 11.8 Å². The minimum absolute atomic E-state index is 0.116. The maximum atomic E-state index is 13.6. The lowest BCUT2D eigenvalue weighted by Gasteiger charge is -2.26. The van der Waals surface area contributed by atoms with Gasteiger partial charge in [0, 0.05) is 29.6 Å². The van der Waals surface area contributed by atoms with Crippen molar-refractivity contribution in [2.45, 2.75) is 59.5 Å². The minimum atomic E-state index is -1.09. The minimum Gasteiger partial charge on any atom is -0.481 e. The molecular formula is C29H35N3O5. The molecule has 0 aliphatic heterocycles. The van der Waals surface area contributed by atoms with Crippen LogP contribution in [0, 0.1) is 26.7 Å². The first-order valence-corrected chi connectivity index (χ1v) is 12.3. The number of carboxylic acid groups (broad SMARTS) is 1. The second-order valence-electron chi connectivity index (χ2n) is 9.84. The molecule has 0 aliphatic rings. The van der Waals surface area contributed by atoms with Crippen molar-refractivity contribution in [2.75, 3.05) is 7.11 Å². The number of nitrogens with zero attached hydrogens (tertiary/aromatic N) is 2. The van der Waals surface area contributed by atoms with E-state index in [9.17, 15) is 19.5 Å². The van der Waals surface area contributed by atoms with E-state index in [0.29, 0.717) is 12.0 Å². The Morgan fingerprint density at radius 3 is 2.35 bits per heavy atom. The van der Waals surface area contributed by atoms with E-state index in [-0.39, 0.29) is 23.8 Å². The highest BCUT2D eigenvalue weighted by Gasteiger charge is 2.29. The van der Waals surface area contributed by atoms with Gasteiger partial charge in [0.25, 0.3) is 5.56 Å². The molecule has 1 aromatic carbocycles. The van der Waals surface area contributed by atoms with Crippen LogP contribution >= 0.6 is 0 Å². The number of benzene rings is 1. The number of methoxy groups -OCH3 is 1. The van der Waals surface area contributed by atoms with Crippen LogP contribution in [0.25, 0.3) is 11.1 Å². The number of aryl methyl sites for hydroxylation is 3. The third-order valence-corrected chi connectivity index (χ3v) is 6.35. The zero-order valence-electron chi connectivity index (χ0n) is 22.2. The number of aliphatic carboxylic acids is 1. The van der Waals surface area contributed by atoms with E-state index in [2.05, 4.69) is 10.3 Å². The molecule has 0 fully saturated rings. The van der Waals surface area contributed by atoms with Gasteiger partial charge in [0.1, 0.15) is 6.04 Å². The average molecular weight is 506 g/mol. The molecule has 0 radical (unpaired) electrons. The number of carbonyl (C=O) groups excluding carboxylic acids is 1. The lowest BCUT2D eigenvalue weighted by atomic mass is 9.94. The normalized spacial score (nSPS) is 12.7. The molecule has 1 amide bonds. The lowest BCUT2D eigenvalue weighted by molar-refractivity contribution is -0.138. The Morgan fingerprint density at radius 1 is 1.11 bits per heavy atom. The van der Waals surface area contributed by atoms with Crippen molar-refractivity contribution in [2.24, 2.45) is 5.92 Å². The van der Waals surface area contributed by atoms with Crippen LogP contribution in [0.4, 0.5) is 0 Å². The number of carbonyl (C=O) groups is 2. The van der Waals surface area contributed by atoms with Gasteiger partial charge >= 0.3 is 5.97 Å². The quantitative estimate of drug-likeness (QED) is 0.411. The molecule has 3 aromatic rings. The van der Waals surface area contributed by atoms with E-state index in [4.69, 9.17) is 4.74 Å². The Labute approximate surface area is 217 Å². The fourth-order valence-electron chi connectivity index (χ4n) is 4.62. The number of pyridine rings is 2. The first kappa shape index (κ1) is 27.6. The molecule has 37 heavy (non-hydrogen) atoms. The van der Waals surface area contributed by atoms with E-state index in [1.165, 1.54) is 17.7 Å². The van der Waals surface area contributed by atoms with Crippen LogP contribution in [0.2, 0.25) is 0 Å². The Bertz CT molecular complexity index is 1330. The highest BCUT2D eigenvalue weighted by atomic mass is 16.5.